The molecule has 0 bridgehead atoms. The minimum Gasteiger partial charge on any atom is -0.507 e. The number of carbonyl (C=O) groups is 1. The van der Waals surface area contributed by atoms with Crippen LogP contribution < -0.4 is 0 Å². The summed E-state index contributed by atoms with van der Waals surface area (Å²) in [4.78, 5) is 15.0. The number of aromatic hydroxyl groups is 1. The molecule has 0 saturated carbocycles. The first kappa shape index (κ1) is 19.5. The van der Waals surface area contributed by atoms with Crippen LogP contribution in [0.5, 0.6) is 5.75 Å². The molecule has 1 aromatic heterocycles. The molecule has 1 aliphatic heterocycles. The van der Waals surface area contributed by atoms with E-state index in [9.17, 15) is 9.90 Å². The first-order valence-electron chi connectivity index (χ1n) is 9.45. The second-order valence-electron chi connectivity index (χ2n) is 7.18. The van der Waals surface area contributed by atoms with Gasteiger partial charge in [-0.05, 0) is 37.1 Å². The van der Waals surface area contributed by atoms with Gasteiger partial charge in [0.25, 0.3) is 5.91 Å². The number of phenolic OH excluding ortho intramolecular Hbond substituents is 1. The van der Waals surface area contributed by atoms with Gasteiger partial charge in [-0.2, -0.15) is 5.10 Å². The number of fused-ring (bicyclic) bond motifs is 1. The molecule has 0 saturated heterocycles. The molecule has 1 amide bonds. The maximum atomic E-state index is 13.2. The summed E-state index contributed by atoms with van der Waals surface area (Å²) in [7, 11) is 1.65. The molecule has 2 aromatic carbocycles. The van der Waals surface area contributed by atoms with Crippen molar-refractivity contribution in [3.8, 4) is 17.0 Å². The highest BCUT2D eigenvalue weighted by Gasteiger charge is 2.42. The summed E-state index contributed by atoms with van der Waals surface area (Å²) < 4.78 is 5.17. The van der Waals surface area contributed by atoms with Gasteiger partial charge in [-0.25, -0.2) is 0 Å². The summed E-state index contributed by atoms with van der Waals surface area (Å²) in [5.74, 6) is -0.0430. The number of nitrogens with zero attached hydrogens (tertiary/aromatic N) is 2. The molecule has 1 aliphatic rings. The number of carbonyl (C=O) groups excluding carboxylic acids is 1. The van der Waals surface area contributed by atoms with Crippen molar-refractivity contribution >= 4 is 17.5 Å². The van der Waals surface area contributed by atoms with Gasteiger partial charge in [0.05, 0.1) is 6.04 Å². The smallest absolute Gasteiger partial charge is 0.273 e. The standard InChI is InChI=1S/C22H22ClN3O3/c1-13-4-6-14(7-5-13)21-18-19(16-12-15(23)8-9-17(16)27)24-25-20(18)22(28)26(21)10-3-11-29-2/h4-9,12,21,27H,3,10-11H2,1-2H3,(H,24,25). The fourth-order valence-corrected chi connectivity index (χ4v) is 3.98. The molecular weight excluding hydrogens is 390 g/mol. The maximum Gasteiger partial charge on any atom is 0.273 e. The van der Waals surface area contributed by atoms with Crippen molar-refractivity contribution in [1.82, 2.24) is 15.1 Å². The Morgan fingerprint density at radius 2 is 2.00 bits per heavy atom. The molecule has 1 unspecified atom stereocenters. The van der Waals surface area contributed by atoms with E-state index in [1.54, 1.807) is 19.2 Å². The van der Waals surface area contributed by atoms with Crippen molar-refractivity contribution in [3.05, 3.63) is 69.9 Å². The number of H-pyrrole nitrogens is 1. The molecule has 1 atom stereocenters. The van der Waals surface area contributed by atoms with Crippen LogP contribution in [0.2, 0.25) is 5.02 Å². The van der Waals surface area contributed by atoms with E-state index < -0.39 is 0 Å². The molecular formula is C22H22ClN3O3. The number of rotatable bonds is 6. The second kappa shape index (κ2) is 7.89. The molecule has 150 valence electrons. The largest absolute Gasteiger partial charge is 0.507 e. The molecule has 3 aromatic rings. The predicted octanol–water partition coefficient (Wildman–Crippen LogP) is 4.33. The number of halogens is 1. The first-order valence-corrected chi connectivity index (χ1v) is 9.82. The number of phenols is 1. The highest BCUT2D eigenvalue weighted by Crippen LogP contribution is 2.44. The Morgan fingerprint density at radius 3 is 2.72 bits per heavy atom. The van der Waals surface area contributed by atoms with E-state index in [0.717, 1.165) is 23.1 Å². The lowest BCUT2D eigenvalue weighted by Gasteiger charge is -2.26. The zero-order chi connectivity index (χ0) is 20.5. The van der Waals surface area contributed by atoms with Crippen LogP contribution in [0.4, 0.5) is 0 Å². The van der Waals surface area contributed by atoms with Crippen LogP contribution in [0.3, 0.4) is 0 Å². The molecule has 29 heavy (non-hydrogen) atoms. The number of methoxy groups -OCH3 is 1. The van der Waals surface area contributed by atoms with Crippen molar-refractivity contribution in [1.29, 1.82) is 0 Å². The number of ether oxygens (including phenoxy) is 1. The van der Waals surface area contributed by atoms with E-state index in [1.165, 1.54) is 6.07 Å². The van der Waals surface area contributed by atoms with Gasteiger partial charge in [0.1, 0.15) is 17.1 Å². The Balaban J connectivity index is 1.85. The number of aromatic amines is 1. The normalized spacial score (nSPS) is 15.8. The van der Waals surface area contributed by atoms with Gasteiger partial charge in [-0.3, -0.25) is 9.89 Å². The van der Waals surface area contributed by atoms with Crippen LogP contribution in [0, 0.1) is 6.92 Å². The molecule has 2 heterocycles. The minimum absolute atomic E-state index is 0.0663. The summed E-state index contributed by atoms with van der Waals surface area (Å²) in [5.41, 5.74) is 4.37. The van der Waals surface area contributed by atoms with Gasteiger partial charge in [0.15, 0.2) is 0 Å². The summed E-state index contributed by atoms with van der Waals surface area (Å²) in [5, 5.41) is 18.2. The molecule has 6 nitrogen and oxygen atoms in total. The number of aromatic nitrogens is 2. The van der Waals surface area contributed by atoms with Crippen molar-refractivity contribution in [3.63, 3.8) is 0 Å². The minimum atomic E-state index is -0.304. The Kier molecular flexibility index (Phi) is 5.30. The summed E-state index contributed by atoms with van der Waals surface area (Å²) >= 11 is 6.16. The highest BCUT2D eigenvalue weighted by molar-refractivity contribution is 6.31. The predicted molar refractivity (Wildman–Crippen MR) is 111 cm³/mol. The van der Waals surface area contributed by atoms with Crippen LogP contribution in [0.1, 0.15) is 39.6 Å². The lowest BCUT2D eigenvalue weighted by molar-refractivity contribution is 0.0723. The lowest BCUT2D eigenvalue weighted by atomic mass is 9.95. The number of hydrogen-bond donors (Lipinski definition) is 2. The zero-order valence-electron chi connectivity index (χ0n) is 16.3. The number of aryl methyl sites for hydroxylation is 1. The van der Waals surface area contributed by atoms with Gasteiger partial charge in [0, 0.05) is 36.4 Å². The van der Waals surface area contributed by atoms with Crippen molar-refractivity contribution in [2.24, 2.45) is 0 Å². The van der Waals surface area contributed by atoms with Gasteiger partial charge in [0.2, 0.25) is 0 Å². The molecule has 0 spiro atoms. The van der Waals surface area contributed by atoms with Crippen LogP contribution >= 0.6 is 11.6 Å². The van der Waals surface area contributed by atoms with E-state index >= 15 is 0 Å². The summed E-state index contributed by atoms with van der Waals surface area (Å²) in [6.45, 7) is 3.14. The zero-order valence-corrected chi connectivity index (χ0v) is 17.0. The molecule has 0 aliphatic carbocycles. The molecule has 2 N–H and O–H groups in total. The van der Waals surface area contributed by atoms with E-state index in [2.05, 4.69) is 10.2 Å². The van der Waals surface area contributed by atoms with Crippen molar-refractivity contribution in [2.75, 3.05) is 20.3 Å². The Bertz CT molecular complexity index is 1050. The monoisotopic (exact) mass is 411 g/mol. The van der Waals surface area contributed by atoms with Crippen LogP contribution in [0.15, 0.2) is 42.5 Å². The summed E-state index contributed by atoms with van der Waals surface area (Å²) in [6, 6.07) is 12.6. The Hall–Kier alpha value is -2.83. The molecule has 7 heteroatoms. The maximum absolute atomic E-state index is 13.2. The van der Waals surface area contributed by atoms with E-state index in [-0.39, 0.29) is 17.7 Å². The fourth-order valence-electron chi connectivity index (χ4n) is 3.81. The molecule has 0 radical (unpaired) electrons. The number of hydrogen-bond acceptors (Lipinski definition) is 4. The third-order valence-electron chi connectivity index (χ3n) is 5.22. The van der Waals surface area contributed by atoms with Crippen LogP contribution in [-0.2, 0) is 4.74 Å². The van der Waals surface area contributed by atoms with Crippen molar-refractivity contribution in [2.45, 2.75) is 19.4 Å². The number of amides is 1. The molecule has 4 rings (SSSR count). The number of benzene rings is 2. The van der Waals surface area contributed by atoms with E-state index in [1.807, 2.05) is 36.1 Å². The summed E-state index contributed by atoms with van der Waals surface area (Å²) in [6.07, 6.45) is 0.722. The third-order valence-corrected chi connectivity index (χ3v) is 5.45. The quantitative estimate of drug-likeness (QED) is 0.592. The van der Waals surface area contributed by atoms with Crippen LogP contribution in [0.25, 0.3) is 11.3 Å². The van der Waals surface area contributed by atoms with E-state index in [4.69, 9.17) is 16.3 Å². The average molecular weight is 412 g/mol. The van der Waals surface area contributed by atoms with Gasteiger partial charge in [-0.15, -0.1) is 0 Å². The highest BCUT2D eigenvalue weighted by atomic mass is 35.5. The SMILES string of the molecule is COCCCN1C(=O)c2[nH]nc(-c3cc(Cl)ccc3O)c2C1c1ccc(C)cc1. The Labute approximate surface area is 174 Å². The van der Waals surface area contributed by atoms with Crippen LogP contribution in [-0.4, -0.2) is 46.4 Å². The topological polar surface area (TPSA) is 78.5 Å². The molecule has 0 fully saturated rings. The number of nitrogens with one attached hydrogen (secondary N) is 1. The van der Waals surface area contributed by atoms with Gasteiger partial charge >= 0.3 is 0 Å². The second-order valence-corrected chi connectivity index (χ2v) is 7.62. The van der Waals surface area contributed by atoms with Crippen molar-refractivity contribution < 1.29 is 14.6 Å². The van der Waals surface area contributed by atoms with Gasteiger partial charge in [-0.1, -0.05) is 41.4 Å². The lowest BCUT2D eigenvalue weighted by Crippen LogP contribution is -2.31. The Morgan fingerprint density at radius 1 is 1.24 bits per heavy atom. The van der Waals surface area contributed by atoms with Gasteiger partial charge < -0.3 is 14.7 Å². The average Bonchev–Trinajstić information content (AvgIpc) is 3.24. The third kappa shape index (κ3) is 3.50. The first-order chi connectivity index (χ1) is 14.0. The fraction of sp³-hybridized carbons (Fsp3) is 0.273. The van der Waals surface area contributed by atoms with E-state index in [0.29, 0.717) is 35.1 Å².